The molecule has 0 fully saturated rings. The van der Waals surface area contributed by atoms with Gasteiger partial charge in [-0.25, -0.2) is 9.97 Å². The lowest BCUT2D eigenvalue weighted by Crippen LogP contribution is -2.06. The molecule has 0 aliphatic carbocycles. The molecule has 0 aliphatic heterocycles. The number of aromatic nitrogens is 2. The maximum Gasteiger partial charge on any atom is 0.132 e. The summed E-state index contributed by atoms with van der Waals surface area (Å²) in [6, 6.07) is 7.61. The van der Waals surface area contributed by atoms with Crippen LogP contribution < -0.4 is 10.6 Å². The second-order valence-corrected chi connectivity index (χ2v) is 4.06. The summed E-state index contributed by atoms with van der Waals surface area (Å²) in [6.07, 6.45) is 0. The van der Waals surface area contributed by atoms with E-state index in [0.717, 1.165) is 11.5 Å². The molecular formula is C13H15N5O. The van der Waals surface area contributed by atoms with E-state index in [-0.39, 0.29) is 6.54 Å². The van der Waals surface area contributed by atoms with Gasteiger partial charge in [0, 0.05) is 6.07 Å². The lowest BCUT2D eigenvalue weighted by atomic mass is 10.4. The standard InChI is InChI=1S/C13H15N5O/c1-9-3-4-11(19-9)8-16-13-7-12(15-6-5-14)17-10(2)18-13/h3-4,7H,6,8H2,1-2H3,(H2,15,16,17,18). The van der Waals surface area contributed by atoms with Gasteiger partial charge in [0.05, 0.1) is 12.6 Å². The largest absolute Gasteiger partial charge is 0.465 e. The van der Waals surface area contributed by atoms with Gasteiger partial charge in [-0.05, 0) is 26.0 Å². The van der Waals surface area contributed by atoms with Crippen LogP contribution in [0.5, 0.6) is 0 Å². The molecule has 6 heteroatoms. The Bertz CT molecular complexity index is 599. The van der Waals surface area contributed by atoms with Crippen molar-refractivity contribution in [2.45, 2.75) is 20.4 Å². The SMILES string of the molecule is Cc1nc(NCC#N)cc(NCc2ccc(C)o2)n1. The van der Waals surface area contributed by atoms with Crippen LogP contribution in [0.2, 0.25) is 0 Å². The number of nitrogens with zero attached hydrogens (tertiary/aromatic N) is 3. The van der Waals surface area contributed by atoms with Crippen molar-refractivity contribution in [2.75, 3.05) is 17.2 Å². The van der Waals surface area contributed by atoms with Crippen molar-refractivity contribution in [2.24, 2.45) is 0 Å². The summed E-state index contributed by atoms with van der Waals surface area (Å²) in [6.45, 7) is 4.48. The van der Waals surface area contributed by atoms with Crippen LogP contribution in [-0.4, -0.2) is 16.5 Å². The minimum atomic E-state index is 0.216. The monoisotopic (exact) mass is 257 g/mol. The fraction of sp³-hybridized carbons (Fsp3) is 0.308. The molecule has 2 aromatic heterocycles. The number of hydrogen-bond donors (Lipinski definition) is 2. The summed E-state index contributed by atoms with van der Waals surface area (Å²) in [4.78, 5) is 8.47. The summed E-state index contributed by atoms with van der Waals surface area (Å²) in [5.74, 6) is 3.70. The highest BCUT2D eigenvalue weighted by atomic mass is 16.3. The van der Waals surface area contributed by atoms with Gasteiger partial charge in [-0.1, -0.05) is 0 Å². The molecule has 6 nitrogen and oxygen atoms in total. The van der Waals surface area contributed by atoms with E-state index in [0.29, 0.717) is 24.0 Å². The van der Waals surface area contributed by atoms with Gasteiger partial charge < -0.3 is 15.1 Å². The van der Waals surface area contributed by atoms with E-state index < -0.39 is 0 Å². The lowest BCUT2D eigenvalue weighted by molar-refractivity contribution is 0.490. The minimum Gasteiger partial charge on any atom is -0.465 e. The van der Waals surface area contributed by atoms with E-state index in [1.54, 1.807) is 13.0 Å². The summed E-state index contributed by atoms with van der Waals surface area (Å²) in [7, 11) is 0. The van der Waals surface area contributed by atoms with Crippen molar-refractivity contribution in [1.29, 1.82) is 5.26 Å². The van der Waals surface area contributed by atoms with Crippen LogP contribution in [0.3, 0.4) is 0 Å². The van der Waals surface area contributed by atoms with Crippen molar-refractivity contribution >= 4 is 11.6 Å². The molecule has 0 atom stereocenters. The Labute approximate surface area is 111 Å². The third-order valence-electron chi connectivity index (χ3n) is 2.43. The highest BCUT2D eigenvalue weighted by molar-refractivity contribution is 5.48. The number of hydrogen-bond acceptors (Lipinski definition) is 6. The molecule has 0 amide bonds. The number of rotatable bonds is 5. The Kier molecular flexibility index (Phi) is 3.98. The highest BCUT2D eigenvalue weighted by Crippen LogP contribution is 2.13. The van der Waals surface area contributed by atoms with E-state index in [1.807, 2.05) is 25.1 Å². The molecule has 0 aromatic carbocycles. The van der Waals surface area contributed by atoms with Crippen LogP contribution in [0.1, 0.15) is 17.3 Å². The summed E-state index contributed by atoms with van der Waals surface area (Å²) in [5.41, 5.74) is 0. The van der Waals surface area contributed by atoms with Crippen molar-refractivity contribution in [1.82, 2.24) is 9.97 Å². The average molecular weight is 257 g/mol. The van der Waals surface area contributed by atoms with Crippen LogP contribution in [0.4, 0.5) is 11.6 Å². The Morgan fingerprint density at radius 2 is 1.95 bits per heavy atom. The predicted octanol–water partition coefficient (Wildman–Crippen LogP) is 2.23. The van der Waals surface area contributed by atoms with Crippen LogP contribution in [0.25, 0.3) is 0 Å². The molecular weight excluding hydrogens is 242 g/mol. The van der Waals surface area contributed by atoms with E-state index >= 15 is 0 Å². The Balaban J connectivity index is 2.03. The molecule has 98 valence electrons. The third-order valence-corrected chi connectivity index (χ3v) is 2.43. The van der Waals surface area contributed by atoms with Crippen molar-refractivity contribution in [3.8, 4) is 6.07 Å². The molecule has 0 saturated carbocycles. The van der Waals surface area contributed by atoms with Crippen LogP contribution >= 0.6 is 0 Å². The molecule has 2 heterocycles. The first-order valence-corrected chi connectivity index (χ1v) is 5.93. The molecule has 2 N–H and O–H groups in total. The number of anilines is 2. The molecule has 19 heavy (non-hydrogen) atoms. The first kappa shape index (κ1) is 12.9. The Hall–Kier alpha value is -2.55. The summed E-state index contributed by atoms with van der Waals surface area (Å²) in [5, 5.41) is 14.6. The van der Waals surface area contributed by atoms with E-state index in [9.17, 15) is 0 Å². The first-order chi connectivity index (χ1) is 9.17. The zero-order valence-electron chi connectivity index (χ0n) is 10.9. The van der Waals surface area contributed by atoms with Gasteiger partial charge in [0.25, 0.3) is 0 Å². The first-order valence-electron chi connectivity index (χ1n) is 5.93. The third kappa shape index (κ3) is 3.71. The highest BCUT2D eigenvalue weighted by Gasteiger charge is 2.03. The number of nitrogens with one attached hydrogen (secondary N) is 2. The van der Waals surface area contributed by atoms with Gasteiger partial charge in [-0.3, -0.25) is 0 Å². The molecule has 0 saturated heterocycles. The van der Waals surface area contributed by atoms with E-state index in [2.05, 4.69) is 20.6 Å². The zero-order chi connectivity index (χ0) is 13.7. The normalized spacial score (nSPS) is 9.95. The van der Waals surface area contributed by atoms with Gasteiger partial charge >= 0.3 is 0 Å². The maximum atomic E-state index is 8.54. The fourth-order valence-corrected chi connectivity index (χ4v) is 1.64. The van der Waals surface area contributed by atoms with Crippen LogP contribution in [0, 0.1) is 25.2 Å². The predicted molar refractivity (Wildman–Crippen MR) is 71.6 cm³/mol. The number of nitriles is 1. The number of aryl methyl sites for hydroxylation is 2. The Morgan fingerprint density at radius 1 is 1.21 bits per heavy atom. The molecule has 2 rings (SSSR count). The van der Waals surface area contributed by atoms with E-state index in [4.69, 9.17) is 9.68 Å². The quantitative estimate of drug-likeness (QED) is 0.799. The molecule has 2 aromatic rings. The molecule has 0 spiro atoms. The molecule has 0 unspecified atom stereocenters. The fourth-order valence-electron chi connectivity index (χ4n) is 1.64. The van der Waals surface area contributed by atoms with Gasteiger partial charge in [0.1, 0.15) is 35.5 Å². The molecule has 0 radical (unpaired) electrons. The van der Waals surface area contributed by atoms with Crippen LogP contribution in [-0.2, 0) is 6.54 Å². The van der Waals surface area contributed by atoms with Gasteiger partial charge in [-0.15, -0.1) is 0 Å². The topological polar surface area (TPSA) is 86.8 Å². The second-order valence-electron chi connectivity index (χ2n) is 4.06. The Morgan fingerprint density at radius 3 is 2.58 bits per heavy atom. The van der Waals surface area contributed by atoms with Gasteiger partial charge in [-0.2, -0.15) is 5.26 Å². The summed E-state index contributed by atoms with van der Waals surface area (Å²) >= 11 is 0. The zero-order valence-corrected chi connectivity index (χ0v) is 10.9. The van der Waals surface area contributed by atoms with Gasteiger partial charge in [0.2, 0.25) is 0 Å². The molecule has 0 bridgehead atoms. The smallest absolute Gasteiger partial charge is 0.132 e. The summed E-state index contributed by atoms with van der Waals surface area (Å²) < 4.78 is 5.47. The van der Waals surface area contributed by atoms with Gasteiger partial charge in [0.15, 0.2) is 0 Å². The van der Waals surface area contributed by atoms with Crippen molar-refractivity contribution in [3.05, 3.63) is 35.5 Å². The second kappa shape index (κ2) is 5.87. The molecule has 0 aliphatic rings. The van der Waals surface area contributed by atoms with E-state index in [1.165, 1.54) is 0 Å². The van der Waals surface area contributed by atoms with Crippen molar-refractivity contribution < 1.29 is 4.42 Å². The van der Waals surface area contributed by atoms with Crippen LogP contribution in [0.15, 0.2) is 22.6 Å². The minimum absolute atomic E-state index is 0.216. The lowest BCUT2D eigenvalue weighted by Gasteiger charge is -2.07. The number of furan rings is 1. The van der Waals surface area contributed by atoms with Crippen molar-refractivity contribution in [3.63, 3.8) is 0 Å². The maximum absolute atomic E-state index is 8.54. The average Bonchev–Trinajstić information content (AvgIpc) is 2.79.